The van der Waals surface area contributed by atoms with Crippen LogP contribution in [0.4, 0.5) is 0 Å². The van der Waals surface area contributed by atoms with Crippen molar-refractivity contribution in [3.8, 4) is 0 Å². The van der Waals surface area contributed by atoms with Gasteiger partial charge in [-0.3, -0.25) is 14.6 Å². The van der Waals surface area contributed by atoms with Gasteiger partial charge in [-0.05, 0) is 12.5 Å². The Morgan fingerprint density at radius 1 is 1.27 bits per heavy atom. The third-order valence-electron chi connectivity index (χ3n) is 4.83. The van der Waals surface area contributed by atoms with Crippen LogP contribution in [0, 0.1) is 0 Å². The van der Waals surface area contributed by atoms with Crippen molar-refractivity contribution in [3.63, 3.8) is 0 Å². The minimum atomic E-state index is -1.12. The molecule has 3 fully saturated rings. The summed E-state index contributed by atoms with van der Waals surface area (Å²) in [5.74, 6) is -0.0912. The first kappa shape index (κ1) is 15.5. The van der Waals surface area contributed by atoms with Crippen molar-refractivity contribution in [2.75, 3.05) is 39.3 Å². The zero-order valence-electron chi connectivity index (χ0n) is 13.2. The molecule has 3 saturated heterocycles. The van der Waals surface area contributed by atoms with E-state index in [4.69, 9.17) is 0 Å². The van der Waals surface area contributed by atoms with Gasteiger partial charge in [-0.2, -0.15) is 0 Å². The molecule has 2 N–H and O–H groups in total. The molecule has 5 nitrogen and oxygen atoms in total. The van der Waals surface area contributed by atoms with E-state index in [0.29, 0.717) is 12.6 Å². The molecule has 0 aliphatic carbocycles. The first-order valence-electron chi connectivity index (χ1n) is 8.05. The standard InChI is InChI=1S/C17H25N3O2/c1-17(22,14-5-3-2-4-6-14)11-16(21)18-12-15-13-19-7-9-20(15)10-8-19/h2-6,15,22H,7-13H2,1H3,(H,18,21). The highest BCUT2D eigenvalue weighted by molar-refractivity contribution is 5.77. The van der Waals surface area contributed by atoms with Crippen molar-refractivity contribution < 1.29 is 9.90 Å². The summed E-state index contributed by atoms with van der Waals surface area (Å²) >= 11 is 0. The molecule has 1 aromatic rings. The molecule has 2 atom stereocenters. The van der Waals surface area contributed by atoms with Gasteiger partial charge in [0.25, 0.3) is 0 Å². The molecule has 3 heterocycles. The van der Waals surface area contributed by atoms with Crippen LogP contribution in [0.3, 0.4) is 0 Å². The fourth-order valence-electron chi connectivity index (χ4n) is 3.42. The molecule has 1 amide bonds. The maximum Gasteiger partial charge on any atom is 0.223 e. The molecule has 2 bridgehead atoms. The quantitative estimate of drug-likeness (QED) is 0.827. The molecule has 0 saturated carbocycles. The second kappa shape index (κ2) is 6.36. The molecule has 4 rings (SSSR count). The average Bonchev–Trinajstić information content (AvgIpc) is 2.54. The molecule has 0 aromatic heterocycles. The number of carbonyl (C=O) groups is 1. The number of fused-ring (bicyclic) bond motifs is 3. The summed E-state index contributed by atoms with van der Waals surface area (Å²) < 4.78 is 0. The highest BCUT2D eigenvalue weighted by Gasteiger charge is 2.32. The van der Waals surface area contributed by atoms with Gasteiger partial charge in [-0.15, -0.1) is 0 Å². The molecule has 5 heteroatoms. The Balaban J connectivity index is 1.50. The predicted octanol–water partition coefficient (Wildman–Crippen LogP) is 0.400. The van der Waals surface area contributed by atoms with Gasteiger partial charge >= 0.3 is 0 Å². The largest absolute Gasteiger partial charge is 0.385 e. The first-order chi connectivity index (χ1) is 10.5. The van der Waals surface area contributed by atoms with Crippen LogP contribution >= 0.6 is 0 Å². The second-order valence-corrected chi connectivity index (χ2v) is 6.61. The minimum absolute atomic E-state index is 0.0907. The fourth-order valence-corrected chi connectivity index (χ4v) is 3.42. The lowest BCUT2D eigenvalue weighted by molar-refractivity contribution is -0.126. The Bertz CT molecular complexity index is 510. The van der Waals surface area contributed by atoms with Crippen LogP contribution in [0.2, 0.25) is 0 Å². The van der Waals surface area contributed by atoms with Crippen LogP contribution in [0.1, 0.15) is 18.9 Å². The summed E-state index contributed by atoms with van der Waals surface area (Å²) in [4.78, 5) is 17.1. The summed E-state index contributed by atoms with van der Waals surface area (Å²) in [6.07, 6.45) is 0.0907. The monoisotopic (exact) mass is 303 g/mol. The van der Waals surface area contributed by atoms with Crippen LogP contribution < -0.4 is 5.32 Å². The van der Waals surface area contributed by atoms with Gasteiger partial charge in [0.2, 0.25) is 5.91 Å². The van der Waals surface area contributed by atoms with Crippen molar-refractivity contribution in [2.24, 2.45) is 0 Å². The molecule has 22 heavy (non-hydrogen) atoms. The van der Waals surface area contributed by atoms with E-state index in [1.807, 2.05) is 30.3 Å². The van der Waals surface area contributed by atoms with Gasteiger partial charge in [0, 0.05) is 45.3 Å². The topological polar surface area (TPSA) is 55.8 Å². The van der Waals surface area contributed by atoms with Crippen LogP contribution in [-0.4, -0.2) is 66.1 Å². The molecule has 3 aliphatic heterocycles. The number of hydrogen-bond donors (Lipinski definition) is 2. The van der Waals surface area contributed by atoms with E-state index in [0.717, 1.165) is 38.3 Å². The maximum absolute atomic E-state index is 12.2. The van der Waals surface area contributed by atoms with Crippen molar-refractivity contribution in [3.05, 3.63) is 35.9 Å². The first-order valence-corrected chi connectivity index (χ1v) is 8.05. The number of amides is 1. The third kappa shape index (κ3) is 3.48. The molecular weight excluding hydrogens is 278 g/mol. The van der Waals surface area contributed by atoms with Crippen LogP contribution in [0.25, 0.3) is 0 Å². The molecule has 0 radical (unpaired) electrons. The van der Waals surface area contributed by atoms with Crippen molar-refractivity contribution in [1.82, 2.24) is 15.1 Å². The van der Waals surface area contributed by atoms with Gasteiger partial charge in [0.05, 0.1) is 12.0 Å². The summed E-state index contributed by atoms with van der Waals surface area (Å²) in [5, 5.41) is 13.5. The number of carbonyl (C=O) groups excluding carboxylic acids is 1. The van der Waals surface area contributed by atoms with E-state index in [9.17, 15) is 9.90 Å². The number of hydrogen-bond acceptors (Lipinski definition) is 4. The number of nitrogens with zero attached hydrogens (tertiary/aromatic N) is 2. The smallest absolute Gasteiger partial charge is 0.223 e. The van der Waals surface area contributed by atoms with E-state index in [1.165, 1.54) is 0 Å². The van der Waals surface area contributed by atoms with Gasteiger partial charge in [-0.25, -0.2) is 0 Å². The normalized spacial score (nSPS) is 29.8. The molecule has 1 aromatic carbocycles. The van der Waals surface area contributed by atoms with Crippen LogP contribution in [-0.2, 0) is 10.4 Å². The number of benzene rings is 1. The maximum atomic E-state index is 12.2. The zero-order valence-corrected chi connectivity index (χ0v) is 13.2. The second-order valence-electron chi connectivity index (χ2n) is 6.61. The van der Waals surface area contributed by atoms with Crippen molar-refractivity contribution in [2.45, 2.75) is 25.0 Å². The minimum Gasteiger partial charge on any atom is -0.385 e. The van der Waals surface area contributed by atoms with Crippen LogP contribution in [0.15, 0.2) is 30.3 Å². The Kier molecular flexibility index (Phi) is 4.47. The van der Waals surface area contributed by atoms with E-state index in [1.54, 1.807) is 6.92 Å². The highest BCUT2D eigenvalue weighted by Crippen LogP contribution is 2.24. The number of aliphatic hydroxyl groups is 1. The molecule has 0 spiro atoms. The third-order valence-corrected chi connectivity index (χ3v) is 4.83. The Labute approximate surface area is 131 Å². The number of piperazine rings is 3. The Hall–Kier alpha value is -1.43. The molecular formula is C17H25N3O2. The lowest BCUT2D eigenvalue weighted by Crippen LogP contribution is -2.63. The van der Waals surface area contributed by atoms with Gasteiger partial charge in [-0.1, -0.05) is 30.3 Å². The summed E-state index contributed by atoms with van der Waals surface area (Å²) in [6.45, 7) is 7.89. The van der Waals surface area contributed by atoms with E-state index in [2.05, 4.69) is 15.1 Å². The van der Waals surface area contributed by atoms with Gasteiger partial charge < -0.3 is 10.4 Å². The predicted molar refractivity (Wildman–Crippen MR) is 85.4 cm³/mol. The van der Waals surface area contributed by atoms with Gasteiger partial charge in [0.15, 0.2) is 0 Å². The van der Waals surface area contributed by atoms with Gasteiger partial charge in [0.1, 0.15) is 0 Å². The van der Waals surface area contributed by atoms with Crippen LogP contribution in [0.5, 0.6) is 0 Å². The number of rotatable bonds is 5. The van der Waals surface area contributed by atoms with E-state index >= 15 is 0 Å². The lowest BCUT2D eigenvalue weighted by atomic mass is 9.92. The van der Waals surface area contributed by atoms with Crippen molar-refractivity contribution in [1.29, 1.82) is 0 Å². The number of nitrogens with one attached hydrogen (secondary N) is 1. The fraction of sp³-hybridized carbons (Fsp3) is 0.588. The summed E-state index contributed by atoms with van der Waals surface area (Å²) in [6, 6.07) is 9.78. The molecule has 2 unspecified atom stereocenters. The molecule has 3 aliphatic rings. The summed E-state index contributed by atoms with van der Waals surface area (Å²) in [7, 11) is 0. The van der Waals surface area contributed by atoms with Crippen molar-refractivity contribution >= 4 is 5.91 Å². The van der Waals surface area contributed by atoms with E-state index < -0.39 is 5.60 Å². The summed E-state index contributed by atoms with van der Waals surface area (Å²) in [5.41, 5.74) is -0.350. The zero-order chi connectivity index (χ0) is 15.6. The molecule has 120 valence electrons. The average molecular weight is 303 g/mol. The highest BCUT2D eigenvalue weighted by atomic mass is 16.3. The Morgan fingerprint density at radius 2 is 1.95 bits per heavy atom. The Morgan fingerprint density at radius 3 is 2.55 bits per heavy atom. The lowest BCUT2D eigenvalue weighted by Gasteiger charge is -2.47. The SMILES string of the molecule is CC(O)(CC(=O)NCC1CN2CCN1CC2)c1ccccc1. The van der Waals surface area contributed by atoms with E-state index in [-0.39, 0.29) is 12.3 Å².